The lowest BCUT2D eigenvalue weighted by atomic mass is 9.99. The number of anilines is 1. The van der Waals surface area contributed by atoms with E-state index in [4.69, 9.17) is 16.6 Å². The Bertz CT molecular complexity index is 1760. The Hall–Kier alpha value is -4.24. The lowest BCUT2D eigenvalue weighted by molar-refractivity contribution is -0.119. The Balaban J connectivity index is 1.34. The second-order valence-electron chi connectivity index (χ2n) is 10.5. The third kappa shape index (κ3) is 5.67. The average molecular weight is 567 g/mol. The van der Waals surface area contributed by atoms with Crippen molar-refractivity contribution < 1.29 is 9.90 Å². The number of amides is 1. The third-order valence-electron chi connectivity index (χ3n) is 7.66. The Morgan fingerprint density at radius 1 is 1.05 bits per heavy atom. The molecule has 208 valence electrons. The van der Waals surface area contributed by atoms with Crippen molar-refractivity contribution in [3.8, 4) is 5.88 Å². The van der Waals surface area contributed by atoms with Gasteiger partial charge in [0, 0.05) is 66.5 Å². The zero-order chi connectivity index (χ0) is 28.5. The number of hydrogen-bond acceptors (Lipinski definition) is 6. The average Bonchev–Trinajstić information content (AvgIpc) is 3.31. The number of aromatic nitrogens is 2. The van der Waals surface area contributed by atoms with Crippen LogP contribution in [0.1, 0.15) is 11.1 Å². The van der Waals surface area contributed by atoms with Gasteiger partial charge in [-0.3, -0.25) is 14.7 Å². The molecule has 3 heterocycles. The van der Waals surface area contributed by atoms with Crippen LogP contribution in [0.25, 0.3) is 21.8 Å². The van der Waals surface area contributed by atoms with E-state index in [1.165, 1.54) is 0 Å². The van der Waals surface area contributed by atoms with Gasteiger partial charge in [-0.05, 0) is 55.6 Å². The van der Waals surface area contributed by atoms with Gasteiger partial charge in [-0.2, -0.15) is 0 Å². The molecule has 0 atom stereocenters. The van der Waals surface area contributed by atoms with Gasteiger partial charge in [0.15, 0.2) is 5.88 Å². The number of aromatic hydroxyl groups is 1. The highest BCUT2D eigenvalue weighted by atomic mass is 35.5. The number of rotatable bonds is 6. The smallest absolute Gasteiger partial charge is 0.240 e. The minimum absolute atomic E-state index is 0.00740. The molecule has 8 nitrogen and oxygen atoms in total. The number of H-pyrrole nitrogens is 1. The molecule has 0 saturated carbocycles. The Labute approximate surface area is 243 Å². The summed E-state index contributed by atoms with van der Waals surface area (Å²) in [5, 5.41) is 13.4. The fourth-order valence-corrected chi connectivity index (χ4v) is 5.37. The van der Waals surface area contributed by atoms with Gasteiger partial charge < -0.3 is 19.9 Å². The summed E-state index contributed by atoms with van der Waals surface area (Å²) in [4.78, 5) is 31.7. The number of aromatic amines is 1. The molecule has 1 amide bonds. The van der Waals surface area contributed by atoms with Crippen LogP contribution in [0.2, 0.25) is 5.02 Å². The van der Waals surface area contributed by atoms with E-state index in [-0.39, 0.29) is 11.8 Å². The summed E-state index contributed by atoms with van der Waals surface area (Å²) in [7, 11) is 3.91. The number of benzene rings is 3. The van der Waals surface area contributed by atoms with Crippen molar-refractivity contribution in [2.24, 2.45) is 4.99 Å². The summed E-state index contributed by atoms with van der Waals surface area (Å²) >= 11 is 6.22. The molecule has 1 aliphatic heterocycles. The largest absolute Gasteiger partial charge is 0.494 e. The van der Waals surface area contributed by atoms with Gasteiger partial charge in [0.25, 0.3) is 0 Å². The van der Waals surface area contributed by atoms with Crippen LogP contribution in [-0.4, -0.2) is 83.3 Å². The highest BCUT2D eigenvalue weighted by Crippen LogP contribution is 2.33. The van der Waals surface area contributed by atoms with E-state index in [0.29, 0.717) is 34.0 Å². The van der Waals surface area contributed by atoms with E-state index in [2.05, 4.69) is 26.8 Å². The molecule has 1 saturated heterocycles. The summed E-state index contributed by atoms with van der Waals surface area (Å²) in [6.07, 6.45) is 1.76. The highest BCUT2D eigenvalue weighted by molar-refractivity contribution is 6.31. The predicted molar refractivity (Wildman–Crippen MR) is 166 cm³/mol. The maximum absolute atomic E-state index is 13.0. The van der Waals surface area contributed by atoms with Gasteiger partial charge in [-0.25, -0.2) is 4.99 Å². The lowest BCUT2D eigenvalue weighted by Gasteiger charge is -2.32. The van der Waals surface area contributed by atoms with Crippen LogP contribution < -0.4 is 4.90 Å². The Morgan fingerprint density at radius 2 is 1.83 bits per heavy atom. The molecule has 1 fully saturated rings. The minimum atomic E-state index is 0.00740. The van der Waals surface area contributed by atoms with Crippen molar-refractivity contribution >= 4 is 56.4 Å². The summed E-state index contributed by atoms with van der Waals surface area (Å²) in [6.45, 7) is 4.12. The van der Waals surface area contributed by atoms with Crippen molar-refractivity contribution in [2.45, 2.75) is 0 Å². The summed E-state index contributed by atoms with van der Waals surface area (Å²) in [5.74, 6) is 0.0607. The second kappa shape index (κ2) is 11.3. The number of carbonyl (C=O) groups excluding carboxylic acids is 1. The quantitative estimate of drug-likeness (QED) is 0.267. The molecule has 0 radical (unpaired) electrons. The molecule has 3 aromatic carbocycles. The molecular formula is C32H31ClN6O2. The van der Waals surface area contributed by atoms with Gasteiger partial charge in [-0.1, -0.05) is 35.9 Å². The number of halogens is 1. The number of aliphatic imine (C=N–C) groups is 1. The van der Waals surface area contributed by atoms with Crippen LogP contribution in [-0.2, 0) is 4.79 Å². The molecule has 2 aromatic heterocycles. The van der Waals surface area contributed by atoms with E-state index in [1.807, 2.05) is 60.7 Å². The van der Waals surface area contributed by atoms with Crippen molar-refractivity contribution in [3.63, 3.8) is 0 Å². The van der Waals surface area contributed by atoms with Crippen LogP contribution in [0, 0.1) is 0 Å². The first-order chi connectivity index (χ1) is 19.9. The number of likely N-dealkylation sites (N-methyl/N-ethyl adjacent to an activating group) is 2. The zero-order valence-electron chi connectivity index (χ0n) is 23.0. The fraction of sp³-hybridized carbons (Fsp3) is 0.219. The molecule has 6 rings (SSSR count). The fourth-order valence-electron chi connectivity index (χ4n) is 5.20. The molecule has 0 unspecified atom stereocenters. The predicted octanol–water partition coefficient (Wildman–Crippen LogP) is 5.45. The van der Waals surface area contributed by atoms with Crippen LogP contribution in [0.3, 0.4) is 0 Å². The van der Waals surface area contributed by atoms with Crippen molar-refractivity contribution in [3.05, 3.63) is 95.1 Å². The highest BCUT2D eigenvalue weighted by Gasteiger charge is 2.21. The first-order valence-corrected chi connectivity index (χ1v) is 14.0. The van der Waals surface area contributed by atoms with E-state index in [9.17, 15) is 9.90 Å². The molecule has 1 aliphatic rings. The van der Waals surface area contributed by atoms with Crippen LogP contribution in [0.15, 0.2) is 84.0 Å². The van der Waals surface area contributed by atoms with Crippen molar-refractivity contribution in [1.29, 1.82) is 0 Å². The van der Waals surface area contributed by atoms with Gasteiger partial charge in [-0.15, -0.1) is 0 Å². The zero-order valence-corrected chi connectivity index (χ0v) is 23.8. The van der Waals surface area contributed by atoms with Crippen LogP contribution >= 0.6 is 11.6 Å². The number of nitrogens with one attached hydrogen (secondary N) is 1. The van der Waals surface area contributed by atoms with Gasteiger partial charge in [0.2, 0.25) is 5.91 Å². The van der Waals surface area contributed by atoms with Crippen LogP contribution in [0.5, 0.6) is 5.88 Å². The number of carbonyl (C=O) groups is 1. The molecule has 0 aliphatic carbocycles. The molecule has 9 heteroatoms. The molecule has 0 bridgehead atoms. The number of fused-ring (bicyclic) bond motifs is 2. The topological polar surface area (TPSA) is 88.1 Å². The number of nitrogens with zero attached hydrogens (tertiary/aromatic N) is 5. The Morgan fingerprint density at radius 3 is 2.61 bits per heavy atom. The summed E-state index contributed by atoms with van der Waals surface area (Å²) in [5.41, 5.74) is 5.01. The van der Waals surface area contributed by atoms with E-state index >= 15 is 0 Å². The molecule has 0 spiro atoms. The van der Waals surface area contributed by atoms with Gasteiger partial charge in [0.05, 0.1) is 34.5 Å². The van der Waals surface area contributed by atoms with E-state index < -0.39 is 0 Å². The standard InChI is InChI=1S/C32H31ClN6O2/c1-37-14-16-39(17-15-37)20-29(40)38(2)25-10-8-24(9-11-25)35-31(22-6-5-21-4-3-13-34-27(21)18-22)30-26-12-7-23(33)19-28(26)36-32(30)41/h3-13,18-19,36,41H,14-17,20H2,1-2H3. The van der Waals surface area contributed by atoms with E-state index in [1.54, 1.807) is 30.3 Å². The maximum Gasteiger partial charge on any atom is 0.240 e. The molecule has 41 heavy (non-hydrogen) atoms. The van der Waals surface area contributed by atoms with Crippen LogP contribution in [0.4, 0.5) is 11.4 Å². The summed E-state index contributed by atoms with van der Waals surface area (Å²) < 4.78 is 0. The normalized spacial score (nSPS) is 15.0. The Kier molecular flexibility index (Phi) is 7.45. The molecular weight excluding hydrogens is 536 g/mol. The lowest BCUT2D eigenvalue weighted by Crippen LogP contribution is -2.48. The van der Waals surface area contributed by atoms with E-state index in [0.717, 1.165) is 53.7 Å². The second-order valence-corrected chi connectivity index (χ2v) is 10.9. The van der Waals surface area contributed by atoms with Crippen molar-refractivity contribution in [1.82, 2.24) is 19.8 Å². The third-order valence-corrected chi connectivity index (χ3v) is 7.90. The monoisotopic (exact) mass is 566 g/mol. The number of hydrogen-bond donors (Lipinski definition) is 2. The minimum Gasteiger partial charge on any atom is -0.494 e. The number of piperazine rings is 1. The summed E-state index contributed by atoms with van der Waals surface area (Å²) in [6, 6.07) is 22.9. The maximum atomic E-state index is 13.0. The number of pyridine rings is 1. The molecule has 5 aromatic rings. The first kappa shape index (κ1) is 27.0. The SMILES string of the molecule is CN1CCN(CC(=O)N(C)c2ccc(N=C(c3ccc4cccnc4c3)c3c(O)[nH]c4cc(Cl)ccc34)cc2)CC1. The first-order valence-electron chi connectivity index (χ1n) is 13.6. The molecule has 2 N–H and O–H groups in total. The van der Waals surface area contributed by atoms with Gasteiger partial charge >= 0.3 is 0 Å². The van der Waals surface area contributed by atoms with Gasteiger partial charge in [0.1, 0.15) is 0 Å². The van der Waals surface area contributed by atoms with Crippen molar-refractivity contribution in [2.75, 3.05) is 51.7 Å².